The van der Waals surface area contributed by atoms with Crippen molar-refractivity contribution in [2.24, 2.45) is 0 Å². The van der Waals surface area contributed by atoms with Gasteiger partial charge in [-0.25, -0.2) is 4.98 Å². The standard InChI is InChI=1S/C21H18N2O/c1-14-4-8-16(9-5-14)18-12-20(17-10-6-15(2)7-11-17)23-21(24-3)19(18)13-22/h4-12H,1-3H3. The van der Waals surface area contributed by atoms with E-state index in [2.05, 4.69) is 11.1 Å². The van der Waals surface area contributed by atoms with Crippen molar-refractivity contribution in [1.29, 1.82) is 5.26 Å². The van der Waals surface area contributed by atoms with Gasteiger partial charge in [0.2, 0.25) is 5.88 Å². The van der Waals surface area contributed by atoms with E-state index >= 15 is 0 Å². The maximum Gasteiger partial charge on any atom is 0.232 e. The highest BCUT2D eigenvalue weighted by molar-refractivity contribution is 5.78. The predicted octanol–water partition coefficient (Wildman–Crippen LogP) is 4.91. The van der Waals surface area contributed by atoms with Crippen molar-refractivity contribution >= 4 is 0 Å². The summed E-state index contributed by atoms with van der Waals surface area (Å²) in [4.78, 5) is 4.52. The first kappa shape index (κ1) is 15.8. The lowest BCUT2D eigenvalue weighted by atomic mass is 9.98. The van der Waals surface area contributed by atoms with Gasteiger partial charge in [0.1, 0.15) is 11.6 Å². The lowest BCUT2D eigenvalue weighted by molar-refractivity contribution is 0.397. The summed E-state index contributed by atoms with van der Waals surface area (Å²) in [6.07, 6.45) is 0. The van der Waals surface area contributed by atoms with Crippen LogP contribution in [0.3, 0.4) is 0 Å². The van der Waals surface area contributed by atoms with Crippen LogP contribution in [0, 0.1) is 25.2 Å². The topological polar surface area (TPSA) is 45.9 Å². The van der Waals surface area contributed by atoms with Crippen molar-refractivity contribution in [3.05, 3.63) is 71.3 Å². The zero-order valence-corrected chi connectivity index (χ0v) is 14.0. The van der Waals surface area contributed by atoms with Gasteiger partial charge in [-0.15, -0.1) is 0 Å². The quantitative estimate of drug-likeness (QED) is 0.690. The first-order valence-electron chi connectivity index (χ1n) is 7.75. The van der Waals surface area contributed by atoms with E-state index in [-0.39, 0.29) is 0 Å². The number of pyridine rings is 1. The van der Waals surface area contributed by atoms with Crippen LogP contribution in [0.2, 0.25) is 0 Å². The molecule has 0 bridgehead atoms. The van der Waals surface area contributed by atoms with Gasteiger partial charge in [0.05, 0.1) is 12.8 Å². The van der Waals surface area contributed by atoms with Crippen molar-refractivity contribution in [3.63, 3.8) is 0 Å². The molecule has 0 unspecified atom stereocenters. The summed E-state index contributed by atoms with van der Waals surface area (Å²) in [5.41, 5.74) is 6.43. The van der Waals surface area contributed by atoms with Crippen LogP contribution in [-0.4, -0.2) is 12.1 Å². The van der Waals surface area contributed by atoms with Crippen molar-refractivity contribution < 1.29 is 4.74 Å². The minimum absolute atomic E-state index is 0.353. The number of methoxy groups -OCH3 is 1. The van der Waals surface area contributed by atoms with Crippen molar-refractivity contribution in [2.45, 2.75) is 13.8 Å². The van der Waals surface area contributed by atoms with E-state index in [1.54, 1.807) is 7.11 Å². The maximum atomic E-state index is 9.57. The van der Waals surface area contributed by atoms with Crippen LogP contribution >= 0.6 is 0 Å². The molecular weight excluding hydrogens is 296 g/mol. The number of hydrogen-bond donors (Lipinski definition) is 0. The van der Waals surface area contributed by atoms with E-state index in [0.717, 1.165) is 22.4 Å². The Morgan fingerprint density at radius 2 is 1.42 bits per heavy atom. The predicted molar refractivity (Wildman–Crippen MR) is 95.9 cm³/mol. The van der Waals surface area contributed by atoms with Gasteiger partial charge in [-0.1, -0.05) is 59.7 Å². The van der Waals surface area contributed by atoms with Gasteiger partial charge in [0.25, 0.3) is 0 Å². The molecule has 0 saturated heterocycles. The largest absolute Gasteiger partial charge is 0.480 e. The van der Waals surface area contributed by atoms with E-state index in [4.69, 9.17) is 4.74 Å². The number of nitriles is 1. The highest BCUT2D eigenvalue weighted by atomic mass is 16.5. The van der Waals surface area contributed by atoms with Crippen molar-refractivity contribution in [1.82, 2.24) is 4.98 Å². The van der Waals surface area contributed by atoms with Gasteiger partial charge in [-0.2, -0.15) is 5.26 Å². The Bertz CT molecular complexity index is 904. The molecule has 0 spiro atoms. The van der Waals surface area contributed by atoms with Gasteiger partial charge in [0.15, 0.2) is 0 Å². The van der Waals surface area contributed by atoms with E-state index in [1.807, 2.05) is 68.4 Å². The highest BCUT2D eigenvalue weighted by Gasteiger charge is 2.15. The molecule has 1 heterocycles. The minimum Gasteiger partial charge on any atom is -0.480 e. The summed E-state index contributed by atoms with van der Waals surface area (Å²) < 4.78 is 5.37. The summed E-state index contributed by atoms with van der Waals surface area (Å²) in [7, 11) is 1.54. The lowest BCUT2D eigenvalue weighted by Gasteiger charge is -2.12. The Balaban J connectivity index is 2.23. The molecule has 118 valence electrons. The highest BCUT2D eigenvalue weighted by Crippen LogP contribution is 2.33. The van der Waals surface area contributed by atoms with Gasteiger partial charge >= 0.3 is 0 Å². The molecular formula is C21H18N2O. The second-order valence-corrected chi connectivity index (χ2v) is 5.78. The van der Waals surface area contributed by atoms with E-state index in [0.29, 0.717) is 11.4 Å². The summed E-state index contributed by atoms with van der Waals surface area (Å²) >= 11 is 0. The molecule has 0 radical (unpaired) electrons. The molecule has 0 saturated carbocycles. The number of ether oxygens (including phenoxy) is 1. The van der Waals surface area contributed by atoms with Crippen molar-refractivity contribution in [2.75, 3.05) is 7.11 Å². The third kappa shape index (κ3) is 3.00. The van der Waals surface area contributed by atoms with Gasteiger partial charge in [-0.05, 0) is 25.5 Å². The molecule has 3 heteroatoms. The Hall–Kier alpha value is -3.12. The van der Waals surface area contributed by atoms with Crippen LogP contribution < -0.4 is 4.74 Å². The first-order chi connectivity index (χ1) is 11.6. The normalized spacial score (nSPS) is 10.2. The Labute approximate surface area is 142 Å². The third-order valence-corrected chi connectivity index (χ3v) is 4.00. The summed E-state index contributed by atoms with van der Waals surface area (Å²) in [5, 5.41) is 9.57. The van der Waals surface area contributed by atoms with Crippen LogP contribution in [-0.2, 0) is 0 Å². The van der Waals surface area contributed by atoms with Gasteiger partial charge in [0, 0.05) is 11.1 Å². The molecule has 0 N–H and O–H groups in total. The number of aromatic nitrogens is 1. The third-order valence-electron chi connectivity index (χ3n) is 4.00. The second-order valence-electron chi connectivity index (χ2n) is 5.78. The molecule has 0 aliphatic heterocycles. The number of rotatable bonds is 3. The molecule has 2 aromatic carbocycles. The van der Waals surface area contributed by atoms with Crippen LogP contribution in [0.25, 0.3) is 22.4 Å². The smallest absolute Gasteiger partial charge is 0.232 e. The molecule has 3 rings (SSSR count). The van der Waals surface area contributed by atoms with Gasteiger partial charge in [-0.3, -0.25) is 0 Å². The fourth-order valence-electron chi connectivity index (χ4n) is 2.61. The Kier molecular flexibility index (Phi) is 4.31. The molecule has 0 amide bonds. The average molecular weight is 314 g/mol. The lowest BCUT2D eigenvalue weighted by Crippen LogP contribution is -1.97. The first-order valence-corrected chi connectivity index (χ1v) is 7.75. The minimum atomic E-state index is 0.353. The number of benzene rings is 2. The monoisotopic (exact) mass is 314 g/mol. The maximum absolute atomic E-state index is 9.57. The second kappa shape index (κ2) is 6.55. The zero-order valence-electron chi connectivity index (χ0n) is 14.0. The SMILES string of the molecule is COc1nc(-c2ccc(C)cc2)cc(-c2ccc(C)cc2)c1C#N. The van der Waals surface area contributed by atoms with Crippen molar-refractivity contribution in [3.8, 4) is 34.3 Å². The molecule has 0 aliphatic carbocycles. The van der Waals surface area contributed by atoms with Crippen LogP contribution in [0.4, 0.5) is 0 Å². The number of hydrogen-bond acceptors (Lipinski definition) is 3. The molecule has 0 fully saturated rings. The van der Waals surface area contributed by atoms with E-state index in [1.165, 1.54) is 11.1 Å². The molecule has 3 nitrogen and oxygen atoms in total. The molecule has 1 aromatic heterocycles. The summed E-state index contributed by atoms with van der Waals surface area (Å²) in [5.74, 6) is 0.353. The zero-order chi connectivity index (χ0) is 17.1. The molecule has 3 aromatic rings. The Morgan fingerprint density at radius 1 is 0.875 bits per heavy atom. The fraction of sp³-hybridized carbons (Fsp3) is 0.143. The Morgan fingerprint density at radius 3 is 1.92 bits per heavy atom. The number of nitrogens with zero attached hydrogens (tertiary/aromatic N) is 2. The van der Waals surface area contributed by atoms with Crippen LogP contribution in [0.1, 0.15) is 16.7 Å². The van der Waals surface area contributed by atoms with E-state index < -0.39 is 0 Å². The van der Waals surface area contributed by atoms with Crippen LogP contribution in [0.15, 0.2) is 54.6 Å². The summed E-state index contributed by atoms with van der Waals surface area (Å²) in [6.45, 7) is 4.09. The van der Waals surface area contributed by atoms with Crippen LogP contribution in [0.5, 0.6) is 5.88 Å². The van der Waals surface area contributed by atoms with Gasteiger partial charge < -0.3 is 4.74 Å². The van der Waals surface area contributed by atoms with E-state index in [9.17, 15) is 5.26 Å². The fourth-order valence-corrected chi connectivity index (χ4v) is 2.61. The molecule has 24 heavy (non-hydrogen) atoms. The number of aryl methyl sites for hydroxylation is 2. The summed E-state index contributed by atoms with van der Waals surface area (Å²) in [6, 6.07) is 20.4. The molecule has 0 aliphatic rings. The average Bonchev–Trinajstić information content (AvgIpc) is 2.62. The molecule has 0 atom stereocenters.